The van der Waals surface area contributed by atoms with E-state index in [0.29, 0.717) is 18.0 Å². The number of carbonyl (C=O) groups is 2. The molecule has 2 amide bonds. The average Bonchev–Trinajstić information content (AvgIpc) is 3.91. The fourth-order valence-electron chi connectivity index (χ4n) is 9.19. The van der Waals surface area contributed by atoms with Crippen molar-refractivity contribution in [1.82, 2.24) is 15.4 Å². The Bertz CT molecular complexity index is 2100. The van der Waals surface area contributed by atoms with Gasteiger partial charge in [0.05, 0.1) is 12.1 Å². The number of methoxy groups -OCH3 is 2. The highest BCUT2D eigenvalue weighted by atomic mass is 28.4. The zero-order chi connectivity index (χ0) is 44.8. The van der Waals surface area contributed by atoms with Gasteiger partial charge in [-0.3, -0.25) is 9.59 Å². The Morgan fingerprint density at radius 3 is 1.97 bits per heavy atom. The van der Waals surface area contributed by atoms with E-state index >= 15 is 4.79 Å². The van der Waals surface area contributed by atoms with E-state index in [0.717, 1.165) is 47.4 Å². The first kappa shape index (κ1) is 47.0. The number of anilines is 1. The van der Waals surface area contributed by atoms with Crippen molar-refractivity contribution in [2.75, 3.05) is 38.8 Å². The van der Waals surface area contributed by atoms with Gasteiger partial charge < -0.3 is 33.5 Å². The van der Waals surface area contributed by atoms with Gasteiger partial charge in [-0.2, -0.15) is 0 Å². The third-order valence-electron chi connectivity index (χ3n) is 12.4. The molecule has 0 saturated carbocycles. The number of aromatic nitrogens is 1. The lowest BCUT2D eigenvalue weighted by Crippen LogP contribution is -2.67. The lowest BCUT2D eigenvalue weighted by molar-refractivity contribution is -0.141. The van der Waals surface area contributed by atoms with Crippen molar-refractivity contribution in [3.05, 3.63) is 108 Å². The van der Waals surface area contributed by atoms with E-state index in [4.69, 9.17) is 18.4 Å². The lowest BCUT2D eigenvalue weighted by atomic mass is 9.91. The van der Waals surface area contributed by atoms with E-state index in [1.54, 1.807) is 19.1 Å². The Balaban J connectivity index is 1.31. The van der Waals surface area contributed by atoms with Crippen molar-refractivity contribution in [2.24, 2.45) is 11.8 Å². The van der Waals surface area contributed by atoms with Crippen LogP contribution in [0.25, 0.3) is 0 Å². The van der Waals surface area contributed by atoms with Crippen molar-refractivity contribution in [2.45, 2.75) is 116 Å². The Morgan fingerprint density at radius 2 is 1.45 bits per heavy atom. The van der Waals surface area contributed by atoms with Gasteiger partial charge in [0.15, 0.2) is 17.9 Å². The number of carbonyl (C=O) groups excluding carboxylic acids is 2. The van der Waals surface area contributed by atoms with Gasteiger partial charge in [0.1, 0.15) is 20.0 Å². The molecule has 4 aromatic rings. The average molecular weight is 877 g/mol. The van der Waals surface area contributed by atoms with Crippen LogP contribution in [0.4, 0.5) is 5.82 Å². The number of hydrogen-bond acceptors (Lipinski definition) is 8. The summed E-state index contributed by atoms with van der Waals surface area (Å²) in [5, 5.41) is 9.78. The molecule has 2 fully saturated rings. The molecule has 3 aromatic carbocycles. The van der Waals surface area contributed by atoms with E-state index in [1.165, 1.54) is 0 Å². The fourth-order valence-corrected chi connectivity index (χ4v) is 14.4. The molecule has 2 aliphatic heterocycles. The number of piperidine rings is 1. The van der Waals surface area contributed by atoms with Crippen LogP contribution >= 0.6 is 0 Å². The normalized spacial score (nSPS) is 18.7. The molecule has 1 aromatic heterocycles. The second-order valence-corrected chi connectivity index (χ2v) is 28.5. The smallest absolute Gasteiger partial charge is 0.261 e. The van der Waals surface area contributed by atoms with Gasteiger partial charge in [-0.1, -0.05) is 138 Å². The summed E-state index contributed by atoms with van der Waals surface area (Å²) in [4.78, 5) is 33.9. The number of benzene rings is 3. The summed E-state index contributed by atoms with van der Waals surface area (Å²) in [6.45, 7) is 21.2. The maximum Gasteiger partial charge on any atom is 0.261 e. The van der Waals surface area contributed by atoms with Crippen molar-refractivity contribution < 1.29 is 28.0 Å². The molecular formula is C50H68N4O6Si2. The number of likely N-dealkylation sites (tertiary alicyclic amines) is 1. The molecule has 4 atom stereocenters. The molecule has 10 nitrogen and oxygen atoms in total. The Morgan fingerprint density at radius 1 is 0.871 bits per heavy atom. The van der Waals surface area contributed by atoms with Gasteiger partial charge in [-0.05, 0) is 58.8 Å². The number of nitrogens with zero attached hydrogens (tertiary/aromatic N) is 3. The summed E-state index contributed by atoms with van der Waals surface area (Å²) in [5.41, 5.74) is 5.35. The standard InChI is InChI=1S/C50H68N4O6Si2/c1-35(2)46(44-33-45(52-59-44)53-29-26-39(27-30-53)49(57-7)58-8)48(56)54-34-40(60-62(50(4,5)6,41-18-14-12-15-19-41)42-20-16-13-17-21-42)32-43(54)47(55)51-36(3)38-24-22-37(23-25-38)28-31-61(9,10)11/h12-25,33,35-36,39-40,43,46,49H,26-27,29-30,32,34H2,1-11H3,(H,51,55)/t36-,40+,43-,46+/m0/s1. The van der Waals surface area contributed by atoms with Crippen LogP contribution in [0.3, 0.4) is 0 Å². The van der Waals surface area contributed by atoms with E-state index in [1.807, 2.05) is 63.2 Å². The first-order valence-electron chi connectivity index (χ1n) is 22.3. The van der Waals surface area contributed by atoms with Crippen LogP contribution < -0.4 is 20.6 Å². The van der Waals surface area contributed by atoms with E-state index in [9.17, 15) is 4.79 Å². The highest BCUT2D eigenvalue weighted by Gasteiger charge is 2.54. The molecule has 1 N–H and O–H groups in total. The van der Waals surface area contributed by atoms with Gasteiger partial charge in [0.2, 0.25) is 11.8 Å². The van der Waals surface area contributed by atoms with Crippen molar-refractivity contribution in [3.63, 3.8) is 0 Å². The maximum atomic E-state index is 15.2. The quantitative estimate of drug-likeness (QED) is 0.0775. The van der Waals surface area contributed by atoms with Crippen LogP contribution in [0.2, 0.25) is 24.7 Å². The van der Waals surface area contributed by atoms with Crippen LogP contribution in [-0.2, 0) is 23.5 Å². The van der Waals surface area contributed by atoms with E-state index in [-0.39, 0.29) is 47.6 Å². The predicted octanol–water partition coefficient (Wildman–Crippen LogP) is 7.90. The molecule has 0 aliphatic carbocycles. The van der Waals surface area contributed by atoms with Crippen LogP contribution in [-0.4, -0.2) is 90.6 Å². The highest BCUT2D eigenvalue weighted by molar-refractivity contribution is 6.99. The number of amides is 2. The molecule has 12 heteroatoms. The third kappa shape index (κ3) is 10.6. The summed E-state index contributed by atoms with van der Waals surface area (Å²) in [5.74, 6) is 3.62. The maximum absolute atomic E-state index is 15.2. The molecule has 6 rings (SSSR count). The summed E-state index contributed by atoms with van der Waals surface area (Å²) in [6, 6.07) is 29.9. The first-order valence-corrected chi connectivity index (χ1v) is 27.7. The molecule has 62 heavy (non-hydrogen) atoms. The summed E-state index contributed by atoms with van der Waals surface area (Å²) in [6.07, 6.45) is 1.46. The highest BCUT2D eigenvalue weighted by Crippen LogP contribution is 2.40. The van der Waals surface area contributed by atoms with Crippen LogP contribution in [0.1, 0.15) is 89.7 Å². The molecule has 0 unspecified atom stereocenters. The minimum atomic E-state index is -3.03. The van der Waals surface area contributed by atoms with Gasteiger partial charge in [-0.25, -0.2) is 0 Å². The van der Waals surface area contributed by atoms with Crippen molar-refractivity contribution >= 4 is 44.4 Å². The molecule has 2 saturated heterocycles. The zero-order valence-corrected chi connectivity index (χ0v) is 40.7. The van der Waals surface area contributed by atoms with Crippen molar-refractivity contribution in [3.8, 4) is 11.5 Å². The molecule has 0 radical (unpaired) electrons. The molecule has 332 valence electrons. The van der Waals surface area contributed by atoms with Crippen LogP contribution in [0, 0.1) is 23.3 Å². The summed E-state index contributed by atoms with van der Waals surface area (Å²) < 4.78 is 24.8. The summed E-state index contributed by atoms with van der Waals surface area (Å²) in [7, 11) is -1.20. The monoisotopic (exact) mass is 876 g/mol. The second-order valence-electron chi connectivity index (χ2n) is 19.5. The molecule has 3 heterocycles. The number of nitrogens with one attached hydrogen (secondary N) is 1. The minimum absolute atomic E-state index is 0.139. The molecule has 0 bridgehead atoms. The SMILES string of the molecule is COC(OC)C1CCN(c2cc([C@H](C(=O)N3C[C@H](O[Si](c4ccccc4)(c4ccccc4)C(C)(C)C)C[C@H]3C(=O)N[C@@H](C)c3ccc(C#C[Si](C)(C)C)cc3)C(C)C)on2)CC1. The summed E-state index contributed by atoms with van der Waals surface area (Å²) >= 11 is 0. The van der Waals surface area contributed by atoms with Gasteiger partial charge in [0.25, 0.3) is 8.32 Å². The molecular weight excluding hydrogens is 809 g/mol. The Hall–Kier alpha value is -4.52. The second kappa shape index (κ2) is 19.9. The molecule has 2 aliphatic rings. The third-order valence-corrected chi connectivity index (χ3v) is 18.4. The van der Waals surface area contributed by atoms with Gasteiger partial charge in [0, 0.05) is 57.8 Å². The van der Waals surface area contributed by atoms with Gasteiger partial charge >= 0.3 is 0 Å². The Kier molecular flexibility index (Phi) is 15.1. The van der Waals surface area contributed by atoms with Gasteiger partial charge in [-0.15, -0.1) is 5.54 Å². The minimum Gasteiger partial charge on any atom is -0.403 e. The number of rotatable bonds is 14. The topological polar surface area (TPSA) is 106 Å². The van der Waals surface area contributed by atoms with Crippen LogP contribution in [0.15, 0.2) is 95.5 Å². The van der Waals surface area contributed by atoms with E-state index < -0.39 is 34.5 Å². The number of hydrogen-bond donors (Lipinski definition) is 1. The largest absolute Gasteiger partial charge is 0.403 e. The first-order chi connectivity index (χ1) is 29.4. The van der Waals surface area contributed by atoms with Crippen molar-refractivity contribution in [1.29, 1.82) is 0 Å². The molecule has 0 spiro atoms. The van der Waals surface area contributed by atoms with E-state index in [2.05, 4.69) is 116 Å². The zero-order valence-electron chi connectivity index (χ0n) is 38.7. The Labute approximate surface area is 372 Å². The van der Waals surface area contributed by atoms with Crippen LogP contribution in [0.5, 0.6) is 0 Å². The lowest BCUT2D eigenvalue weighted by Gasteiger charge is -2.44. The fraction of sp³-hybridized carbons (Fsp3) is 0.500. The predicted molar refractivity (Wildman–Crippen MR) is 253 cm³/mol. The number of ether oxygens (including phenoxy) is 2.